The maximum Gasteiger partial charge on any atom is 0.252 e. The molecule has 1 aliphatic rings. The minimum absolute atomic E-state index is 0.0547. The van der Waals surface area contributed by atoms with E-state index in [2.05, 4.69) is 56.8 Å². The van der Waals surface area contributed by atoms with Gasteiger partial charge in [-0.1, -0.05) is 6.07 Å². The van der Waals surface area contributed by atoms with Crippen LogP contribution in [0.3, 0.4) is 0 Å². The summed E-state index contributed by atoms with van der Waals surface area (Å²) in [6.07, 6.45) is 2.27. The molecule has 0 spiro atoms. The average molecular weight is 465 g/mol. The molecule has 4 heterocycles. The van der Waals surface area contributed by atoms with Crippen LogP contribution >= 0.6 is 11.3 Å². The average Bonchev–Trinajstić information content (AvgIpc) is 3.55. The van der Waals surface area contributed by atoms with Crippen molar-refractivity contribution < 1.29 is 4.74 Å². The number of nitrogens with one attached hydrogen (secondary N) is 1. The summed E-state index contributed by atoms with van der Waals surface area (Å²) in [6, 6.07) is 10.4. The van der Waals surface area contributed by atoms with Gasteiger partial charge in [-0.25, -0.2) is 4.68 Å². The summed E-state index contributed by atoms with van der Waals surface area (Å²) in [5.74, 6) is 0.783. The third kappa shape index (κ3) is 5.05. The Morgan fingerprint density at radius 2 is 2.09 bits per heavy atom. The number of tetrazole rings is 1. The number of aromatic amines is 1. The first kappa shape index (κ1) is 21.9. The molecule has 172 valence electrons. The zero-order valence-corrected chi connectivity index (χ0v) is 19.8. The van der Waals surface area contributed by atoms with Crippen LogP contribution in [0.5, 0.6) is 0 Å². The van der Waals surface area contributed by atoms with Crippen molar-refractivity contribution in [3.05, 3.63) is 73.5 Å². The van der Waals surface area contributed by atoms with Gasteiger partial charge in [0.25, 0.3) is 5.56 Å². The van der Waals surface area contributed by atoms with Crippen molar-refractivity contribution in [1.82, 2.24) is 30.1 Å². The van der Waals surface area contributed by atoms with Crippen molar-refractivity contribution in [2.45, 2.75) is 59.0 Å². The highest BCUT2D eigenvalue weighted by atomic mass is 32.1. The third-order valence-electron chi connectivity index (χ3n) is 6.26. The van der Waals surface area contributed by atoms with E-state index < -0.39 is 0 Å². The van der Waals surface area contributed by atoms with E-state index in [4.69, 9.17) is 4.74 Å². The molecule has 1 fully saturated rings. The molecule has 8 nitrogen and oxygen atoms in total. The monoisotopic (exact) mass is 464 g/mol. The number of aromatic nitrogens is 5. The number of thiophene rings is 1. The van der Waals surface area contributed by atoms with Crippen molar-refractivity contribution in [3.63, 3.8) is 0 Å². The fourth-order valence-corrected chi connectivity index (χ4v) is 5.08. The molecule has 33 heavy (non-hydrogen) atoms. The van der Waals surface area contributed by atoms with Crippen molar-refractivity contribution in [2.24, 2.45) is 0 Å². The van der Waals surface area contributed by atoms with Gasteiger partial charge in [-0.15, -0.1) is 16.4 Å². The first-order chi connectivity index (χ1) is 16.0. The second kappa shape index (κ2) is 9.54. The Labute approximate surface area is 196 Å². The van der Waals surface area contributed by atoms with Gasteiger partial charge in [-0.3, -0.25) is 9.69 Å². The SMILES string of the molecule is Cc1cc2cc(CN(Cc3cccs3)Cc3nnnn3C[C@@H]3CCCO3)c(=O)[nH]c2cc1C. The molecule has 1 N–H and O–H groups in total. The molecule has 0 amide bonds. The second-order valence-electron chi connectivity index (χ2n) is 8.78. The number of hydrogen-bond donors (Lipinski definition) is 1. The Hall–Kier alpha value is -2.88. The molecule has 0 radical (unpaired) electrons. The molecule has 1 aliphatic heterocycles. The number of aryl methyl sites for hydroxylation is 2. The largest absolute Gasteiger partial charge is 0.376 e. The summed E-state index contributed by atoms with van der Waals surface area (Å²) in [6.45, 7) is 7.38. The summed E-state index contributed by atoms with van der Waals surface area (Å²) >= 11 is 1.71. The molecular formula is C24H28N6O2S. The van der Waals surface area contributed by atoms with Crippen LogP contribution in [0.4, 0.5) is 0 Å². The quantitative estimate of drug-likeness (QED) is 0.429. The van der Waals surface area contributed by atoms with Gasteiger partial charge in [0.1, 0.15) is 0 Å². The summed E-state index contributed by atoms with van der Waals surface area (Å²) in [5.41, 5.74) is 3.94. The molecular weight excluding hydrogens is 436 g/mol. The van der Waals surface area contributed by atoms with E-state index in [1.807, 2.05) is 22.9 Å². The van der Waals surface area contributed by atoms with Gasteiger partial charge in [0.15, 0.2) is 5.82 Å². The van der Waals surface area contributed by atoms with Crippen LogP contribution in [-0.2, 0) is 30.9 Å². The molecule has 1 atom stereocenters. The van der Waals surface area contributed by atoms with E-state index in [0.29, 0.717) is 19.6 Å². The van der Waals surface area contributed by atoms with Crippen molar-refractivity contribution >= 4 is 22.2 Å². The molecule has 4 aromatic rings. The van der Waals surface area contributed by atoms with Gasteiger partial charge >= 0.3 is 0 Å². The second-order valence-corrected chi connectivity index (χ2v) is 9.82. The van der Waals surface area contributed by atoms with Crippen LogP contribution in [-0.4, -0.2) is 42.8 Å². The van der Waals surface area contributed by atoms with Crippen molar-refractivity contribution in [2.75, 3.05) is 6.61 Å². The summed E-state index contributed by atoms with van der Waals surface area (Å²) in [4.78, 5) is 19.4. The molecule has 3 aromatic heterocycles. The van der Waals surface area contributed by atoms with Gasteiger partial charge in [-0.2, -0.15) is 0 Å². The molecule has 5 rings (SSSR count). The van der Waals surface area contributed by atoms with Crippen LogP contribution in [0.2, 0.25) is 0 Å². The van der Waals surface area contributed by atoms with Gasteiger partial charge in [0.05, 0.1) is 19.2 Å². The van der Waals surface area contributed by atoms with Crippen LogP contribution in [0.1, 0.15) is 40.2 Å². The molecule has 1 aromatic carbocycles. The fraction of sp³-hybridized carbons (Fsp3) is 0.417. The Morgan fingerprint density at radius 1 is 1.21 bits per heavy atom. The molecule has 0 aliphatic carbocycles. The Balaban J connectivity index is 1.42. The number of fused-ring (bicyclic) bond motifs is 1. The topological polar surface area (TPSA) is 88.9 Å². The molecule has 9 heteroatoms. The third-order valence-corrected chi connectivity index (χ3v) is 7.12. The predicted octanol–water partition coefficient (Wildman–Crippen LogP) is 3.57. The smallest absolute Gasteiger partial charge is 0.252 e. The molecule has 0 unspecified atom stereocenters. The molecule has 0 bridgehead atoms. The first-order valence-electron chi connectivity index (χ1n) is 11.3. The summed E-state index contributed by atoms with van der Waals surface area (Å²) in [5, 5.41) is 15.5. The van der Waals surface area contributed by atoms with E-state index in [-0.39, 0.29) is 11.7 Å². The Morgan fingerprint density at radius 3 is 2.88 bits per heavy atom. The highest BCUT2D eigenvalue weighted by molar-refractivity contribution is 7.09. The molecule has 0 saturated carbocycles. The van der Waals surface area contributed by atoms with Crippen LogP contribution in [0, 0.1) is 13.8 Å². The Bertz CT molecular complexity index is 1290. The van der Waals surface area contributed by atoms with E-state index in [0.717, 1.165) is 48.3 Å². The number of benzene rings is 1. The van der Waals surface area contributed by atoms with Crippen LogP contribution in [0.25, 0.3) is 10.9 Å². The minimum Gasteiger partial charge on any atom is -0.376 e. The van der Waals surface area contributed by atoms with E-state index in [1.165, 1.54) is 16.0 Å². The number of nitrogens with zero attached hydrogens (tertiary/aromatic N) is 5. The fourth-order valence-electron chi connectivity index (χ4n) is 4.33. The van der Waals surface area contributed by atoms with E-state index >= 15 is 0 Å². The lowest BCUT2D eigenvalue weighted by molar-refractivity contribution is 0.0915. The Kier molecular flexibility index (Phi) is 6.34. The predicted molar refractivity (Wildman–Crippen MR) is 128 cm³/mol. The van der Waals surface area contributed by atoms with Crippen LogP contribution in [0.15, 0.2) is 40.5 Å². The maximum absolute atomic E-state index is 12.9. The van der Waals surface area contributed by atoms with Gasteiger partial charge in [-0.05, 0) is 83.3 Å². The van der Waals surface area contributed by atoms with Crippen LogP contribution < -0.4 is 5.56 Å². The van der Waals surface area contributed by atoms with Gasteiger partial charge < -0.3 is 9.72 Å². The summed E-state index contributed by atoms with van der Waals surface area (Å²) in [7, 11) is 0. The standard InChI is InChI=1S/C24H28N6O2S/c1-16-9-18-11-19(24(31)25-22(18)10-17(16)2)12-29(14-21-6-4-8-33-21)15-23-26-27-28-30(23)13-20-5-3-7-32-20/h4,6,8-11,20H,3,5,7,12-15H2,1-2H3,(H,25,31)/t20-/m0/s1. The van der Waals surface area contributed by atoms with Crippen molar-refractivity contribution in [1.29, 1.82) is 0 Å². The van der Waals surface area contributed by atoms with Gasteiger partial charge in [0, 0.05) is 35.7 Å². The number of hydrogen-bond acceptors (Lipinski definition) is 7. The highest BCUT2D eigenvalue weighted by Gasteiger charge is 2.21. The summed E-state index contributed by atoms with van der Waals surface area (Å²) < 4.78 is 7.61. The molecule has 1 saturated heterocycles. The number of H-pyrrole nitrogens is 1. The zero-order chi connectivity index (χ0) is 22.8. The van der Waals surface area contributed by atoms with Gasteiger partial charge in [0.2, 0.25) is 0 Å². The normalized spacial score (nSPS) is 16.3. The highest BCUT2D eigenvalue weighted by Crippen LogP contribution is 2.20. The number of rotatable bonds is 8. The lowest BCUT2D eigenvalue weighted by atomic mass is 10.0. The minimum atomic E-state index is -0.0547. The first-order valence-corrected chi connectivity index (χ1v) is 12.2. The van der Waals surface area contributed by atoms with Crippen molar-refractivity contribution in [3.8, 4) is 0 Å². The maximum atomic E-state index is 12.9. The number of ether oxygens (including phenoxy) is 1. The zero-order valence-electron chi connectivity index (χ0n) is 19.0. The van der Waals surface area contributed by atoms with E-state index in [1.54, 1.807) is 11.3 Å². The number of pyridine rings is 1. The lowest BCUT2D eigenvalue weighted by Crippen LogP contribution is -2.28. The lowest BCUT2D eigenvalue weighted by Gasteiger charge is -2.21. The van der Waals surface area contributed by atoms with E-state index in [9.17, 15) is 4.79 Å².